The maximum atomic E-state index is 6.00. The van der Waals surface area contributed by atoms with E-state index in [-0.39, 0.29) is 0 Å². The molecule has 2 N–H and O–H groups in total. The zero-order valence-corrected chi connectivity index (χ0v) is 12.1. The van der Waals surface area contributed by atoms with E-state index < -0.39 is 0 Å². The molecule has 0 saturated heterocycles. The third-order valence-electron chi connectivity index (χ3n) is 4.19. The molecule has 0 radical (unpaired) electrons. The molecule has 0 aliphatic rings. The average molecular weight is 244 g/mol. The highest BCUT2D eigenvalue weighted by Gasteiger charge is 2.22. The molecule has 2 rings (SSSR count). The number of fused-ring (bicyclic) bond motifs is 1. The number of para-hydroxylation sites is 1. The highest BCUT2D eigenvalue weighted by molar-refractivity contribution is 5.88. The minimum absolute atomic E-state index is 0.440. The zero-order valence-electron chi connectivity index (χ0n) is 12.1. The van der Waals surface area contributed by atoms with Crippen molar-refractivity contribution in [2.24, 2.45) is 18.7 Å². The van der Waals surface area contributed by atoms with Crippen molar-refractivity contribution < 1.29 is 0 Å². The van der Waals surface area contributed by atoms with Crippen molar-refractivity contribution in [2.75, 3.05) is 6.54 Å². The van der Waals surface area contributed by atoms with Crippen molar-refractivity contribution in [1.82, 2.24) is 4.57 Å². The van der Waals surface area contributed by atoms with Crippen molar-refractivity contribution in [1.29, 1.82) is 0 Å². The van der Waals surface area contributed by atoms with Gasteiger partial charge in [0.2, 0.25) is 0 Å². The van der Waals surface area contributed by atoms with Crippen LogP contribution < -0.4 is 5.73 Å². The Labute approximate surface area is 110 Å². The topological polar surface area (TPSA) is 30.9 Å². The third kappa shape index (κ3) is 1.85. The summed E-state index contributed by atoms with van der Waals surface area (Å²) in [6.45, 7) is 9.61. The lowest BCUT2D eigenvalue weighted by Gasteiger charge is -2.20. The first-order valence-electron chi connectivity index (χ1n) is 6.73. The fraction of sp³-hybridized carbons (Fsp3) is 0.500. The molecule has 0 aliphatic heterocycles. The van der Waals surface area contributed by atoms with Gasteiger partial charge in [0.15, 0.2) is 0 Å². The second-order valence-corrected chi connectivity index (χ2v) is 5.62. The number of rotatable bonds is 3. The van der Waals surface area contributed by atoms with E-state index in [1.165, 1.54) is 27.7 Å². The van der Waals surface area contributed by atoms with Gasteiger partial charge < -0.3 is 10.3 Å². The van der Waals surface area contributed by atoms with E-state index in [0.29, 0.717) is 18.4 Å². The predicted octanol–water partition coefficient (Wildman–Crippen LogP) is 3.49. The molecule has 0 bridgehead atoms. The van der Waals surface area contributed by atoms with Gasteiger partial charge >= 0.3 is 0 Å². The van der Waals surface area contributed by atoms with Crippen molar-refractivity contribution in [2.45, 2.75) is 33.6 Å². The van der Waals surface area contributed by atoms with E-state index in [2.05, 4.69) is 57.5 Å². The van der Waals surface area contributed by atoms with Crippen LogP contribution in [0.3, 0.4) is 0 Å². The Morgan fingerprint density at radius 2 is 1.89 bits per heavy atom. The molecule has 2 aromatic rings. The van der Waals surface area contributed by atoms with Crippen LogP contribution in [-0.2, 0) is 7.05 Å². The third-order valence-corrected chi connectivity index (χ3v) is 4.19. The highest BCUT2D eigenvalue weighted by atomic mass is 14.9. The minimum Gasteiger partial charge on any atom is -0.347 e. The maximum Gasteiger partial charge on any atom is 0.0512 e. The fourth-order valence-corrected chi connectivity index (χ4v) is 3.06. The van der Waals surface area contributed by atoms with E-state index in [1.807, 2.05) is 0 Å². The molecule has 18 heavy (non-hydrogen) atoms. The molecule has 1 aromatic carbocycles. The first-order chi connectivity index (χ1) is 8.49. The molecule has 0 fully saturated rings. The van der Waals surface area contributed by atoms with Gasteiger partial charge in [-0.25, -0.2) is 0 Å². The number of aromatic nitrogens is 1. The smallest absolute Gasteiger partial charge is 0.0512 e. The summed E-state index contributed by atoms with van der Waals surface area (Å²) >= 11 is 0. The number of hydrogen-bond donors (Lipinski definition) is 1. The zero-order chi connectivity index (χ0) is 13.4. The van der Waals surface area contributed by atoms with Gasteiger partial charge in [-0.15, -0.1) is 0 Å². The molecule has 0 saturated carbocycles. The van der Waals surface area contributed by atoms with Crippen LogP contribution in [-0.4, -0.2) is 11.1 Å². The van der Waals surface area contributed by atoms with Crippen LogP contribution in [0.1, 0.15) is 36.6 Å². The predicted molar refractivity (Wildman–Crippen MR) is 79.0 cm³/mol. The number of nitrogens with two attached hydrogens (primary N) is 1. The van der Waals surface area contributed by atoms with Crippen LogP contribution in [0.15, 0.2) is 18.2 Å². The van der Waals surface area contributed by atoms with Gasteiger partial charge in [-0.2, -0.15) is 0 Å². The van der Waals surface area contributed by atoms with E-state index in [4.69, 9.17) is 5.73 Å². The van der Waals surface area contributed by atoms with Gasteiger partial charge in [-0.3, -0.25) is 0 Å². The van der Waals surface area contributed by atoms with Crippen molar-refractivity contribution in [3.63, 3.8) is 0 Å². The normalized spacial score (nSPS) is 13.5. The largest absolute Gasteiger partial charge is 0.347 e. The van der Waals surface area contributed by atoms with Gasteiger partial charge in [-0.1, -0.05) is 32.0 Å². The Bertz CT molecular complexity index is 564. The summed E-state index contributed by atoms with van der Waals surface area (Å²) in [5.74, 6) is 1.01. The Balaban J connectivity index is 2.79. The molecule has 2 nitrogen and oxygen atoms in total. The van der Waals surface area contributed by atoms with Gasteiger partial charge in [0.25, 0.3) is 0 Å². The summed E-state index contributed by atoms with van der Waals surface area (Å²) < 4.78 is 2.31. The molecule has 0 aliphatic carbocycles. The highest BCUT2D eigenvalue weighted by Crippen LogP contribution is 2.35. The fourth-order valence-electron chi connectivity index (χ4n) is 3.06. The lowest BCUT2D eigenvalue weighted by Crippen LogP contribution is -2.18. The quantitative estimate of drug-likeness (QED) is 0.880. The Kier molecular flexibility index (Phi) is 3.49. The molecule has 1 unspecified atom stereocenters. The molecule has 1 aromatic heterocycles. The second-order valence-electron chi connectivity index (χ2n) is 5.62. The Morgan fingerprint density at radius 3 is 2.44 bits per heavy atom. The van der Waals surface area contributed by atoms with Crippen LogP contribution in [0.2, 0.25) is 0 Å². The van der Waals surface area contributed by atoms with Crippen LogP contribution in [0, 0.1) is 19.8 Å². The van der Waals surface area contributed by atoms with Crippen LogP contribution >= 0.6 is 0 Å². The SMILES string of the molecule is Cc1cccc2c(C(CN)C(C)C)c(C)n(C)c12. The van der Waals surface area contributed by atoms with Gasteiger partial charge in [0, 0.05) is 24.0 Å². The van der Waals surface area contributed by atoms with Crippen molar-refractivity contribution in [3.05, 3.63) is 35.0 Å². The Hall–Kier alpha value is -1.28. The van der Waals surface area contributed by atoms with Crippen LogP contribution in [0.5, 0.6) is 0 Å². The summed E-state index contributed by atoms with van der Waals surface area (Å²) in [6, 6.07) is 6.56. The van der Waals surface area contributed by atoms with Gasteiger partial charge in [0.1, 0.15) is 0 Å². The summed E-state index contributed by atoms with van der Waals surface area (Å²) in [7, 11) is 2.15. The summed E-state index contributed by atoms with van der Waals surface area (Å²) in [5, 5.41) is 1.37. The van der Waals surface area contributed by atoms with Crippen molar-refractivity contribution >= 4 is 10.9 Å². The lowest BCUT2D eigenvalue weighted by molar-refractivity contribution is 0.506. The van der Waals surface area contributed by atoms with E-state index in [0.717, 1.165) is 0 Å². The van der Waals surface area contributed by atoms with Crippen LogP contribution in [0.25, 0.3) is 10.9 Å². The Morgan fingerprint density at radius 1 is 1.22 bits per heavy atom. The molecule has 0 spiro atoms. The van der Waals surface area contributed by atoms with Crippen LogP contribution in [0.4, 0.5) is 0 Å². The molecule has 1 atom stereocenters. The molecular weight excluding hydrogens is 220 g/mol. The molecule has 1 heterocycles. The van der Waals surface area contributed by atoms with Crippen molar-refractivity contribution in [3.8, 4) is 0 Å². The van der Waals surface area contributed by atoms with E-state index in [1.54, 1.807) is 0 Å². The maximum absolute atomic E-state index is 6.00. The van der Waals surface area contributed by atoms with E-state index in [9.17, 15) is 0 Å². The van der Waals surface area contributed by atoms with Gasteiger partial charge in [0.05, 0.1) is 5.52 Å². The molecule has 98 valence electrons. The molecular formula is C16H24N2. The monoisotopic (exact) mass is 244 g/mol. The second kappa shape index (κ2) is 4.77. The van der Waals surface area contributed by atoms with Gasteiger partial charge in [-0.05, 0) is 37.4 Å². The van der Waals surface area contributed by atoms with E-state index >= 15 is 0 Å². The number of hydrogen-bond acceptors (Lipinski definition) is 1. The summed E-state index contributed by atoms with van der Waals surface area (Å²) in [4.78, 5) is 0. The lowest BCUT2D eigenvalue weighted by atomic mass is 9.86. The first kappa shape index (κ1) is 13.2. The summed E-state index contributed by atoms with van der Waals surface area (Å²) in [6.07, 6.45) is 0. The first-order valence-corrected chi connectivity index (χ1v) is 6.73. The standard InChI is InChI=1S/C16H24N2/c1-10(2)14(9-17)15-12(4)18(5)16-11(3)7-6-8-13(15)16/h6-8,10,14H,9,17H2,1-5H3. The molecule has 2 heteroatoms. The molecule has 0 amide bonds. The number of nitrogens with zero attached hydrogens (tertiary/aromatic N) is 1. The number of aryl methyl sites for hydroxylation is 2. The average Bonchev–Trinajstić information content (AvgIpc) is 2.56. The minimum atomic E-state index is 0.440. The summed E-state index contributed by atoms with van der Waals surface area (Å²) in [5.41, 5.74) is 11.5. The number of benzene rings is 1.